The number of hydrogen-bond acceptors (Lipinski definition) is 8. The van der Waals surface area contributed by atoms with Crippen molar-refractivity contribution in [1.82, 2.24) is 0 Å². The molecule has 0 saturated heterocycles. The molecule has 2 aliphatic rings. The first-order valence-corrected chi connectivity index (χ1v) is 11.9. The van der Waals surface area contributed by atoms with Gasteiger partial charge in [0.05, 0.1) is 12.5 Å². The molecule has 176 valence electrons. The van der Waals surface area contributed by atoms with E-state index in [4.69, 9.17) is 20.6 Å². The van der Waals surface area contributed by atoms with Crippen LogP contribution >= 0.6 is 0 Å². The zero-order chi connectivity index (χ0) is 25.2. The molecular formula is C18H24N4O8S2. The molecule has 0 unspecified atom stereocenters. The largest absolute Gasteiger partial charge is 0.364 e. The van der Waals surface area contributed by atoms with E-state index in [2.05, 4.69) is 9.98 Å². The van der Waals surface area contributed by atoms with Crippen molar-refractivity contribution in [2.24, 2.45) is 21.5 Å². The van der Waals surface area contributed by atoms with Crippen LogP contribution in [0.5, 0.6) is 0 Å². The van der Waals surface area contributed by atoms with Crippen LogP contribution in [-0.4, -0.2) is 61.7 Å². The quantitative estimate of drug-likeness (QED) is 0.390. The lowest BCUT2D eigenvalue weighted by atomic mass is 10.3. The van der Waals surface area contributed by atoms with Crippen molar-refractivity contribution in [2.75, 3.05) is 12.5 Å². The van der Waals surface area contributed by atoms with Gasteiger partial charge in [-0.25, -0.2) is 0 Å². The number of amides is 2. The minimum atomic E-state index is -3.67. The number of rotatable bonds is 2. The van der Waals surface area contributed by atoms with Gasteiger partial charge in [0.15, 0.2) is 0 Å². The monoisotopic (exact) mass is 488 g/mol. The van der Waals surface area contributed by atoms with Gasteiger partial charge in [-0.1, -0.05) is 36.5 Å². The molecular weight excluding hydrogens is 464 g/mol. The summed E-state index contributed by atoms with van der Waals surface area (Å²) >= 11 is 0. The Morgan fingerprint density at radius 1 is 0.656 bits per heavy atom. The molecule has 32 heavy (non-hydrogen) atoms. The molecule has 14 heteroatoms. The van der Waals surface area contributed by atoms with Gasteiger partial charge in [-0.2, -0.15) is 16.8 Å². The molecule has 0 aliphatic carbocycles. The topological polar surface area (TPSA) is 220 Å². The second-order valence-corrected chi connectivity index (χ2v) is 8.33. The van der Waals surface area contributed by atoms with Gasteiger partial charge in [0.2, 0.25) is 0 Å². The average Bonchev–Trinajstić information content (AvgIpc) is 2.50. The van der Waals surface area contributed by atoms with Gasteiger partial charge in [0.25, 0.3) is 32.1 Å². The molecule has 2 aliphatic heterocycles. The van der Waals surface area contributed by atoms with E-state index in [1.165, 1.54) is 12.4 Å². The SMILES string of the molecule is CS(=O)(=O)O.CS(=O)(=O)O.NC(=O)C1=N/C=C\C=C/C=C\1.NC(=O)C1=N/C=C\C=C/C=C\1. The fraction of sp³-hybridized carbons (Fsp3) is 0.111. The lowest BCUT2D eigenvalue weighted by molar-refractivity contribution is -0.112. The van der Waals surface area contributed by atoms with E-state index < -0.39 is 32.1 Å². The highest BCUT2D eigenvalue weighted by Gasteiger charge is 2.00. The summed E-state index contributed by atoms with van der Waals surface area (Å²) in [4.78, 5) is 28.8. The molecule has 0 aromatic carbocycles. The highest BCUT2D eigenvalue weighted by molar-refractivity contribution is 7.85. The molecule has 0 bridgehead atoms. The molecule has 2 rings (SSSR count). The second-order valence-electron chi connectivity index (χ2n) is 5.39. The number of nitrogens with two attached hydrogens (primary N) is 2. The van der Waals surface area contributed by atoms with Crippen LogP contribution in [0.25, 0.3) is 0 Å². The first-order valence-electron chi connectivity index (χ1n) is 8.21. The molecule has 0 fully saturated rings. The predicted octanol–water partition coefficient (Wildman–Crippen LogP) is 0.113. The zero-order valence-electron chi connectivity index (χ0n) is 17.1. The van der Waals surface area contributed by atoms with Crippen molar-refractivity contribution in [3.63, 3.8) is 0 Å². The molecule has 2 heterocycles. The van der Waals surface area contributed by atoms with Crippen molar-refractivity contribution in [3.05, 3.63) is 73.2 Å². The first kappa shape index (κ1) is 30.7. The van der Waals surface area contributed by atoms with E-state index in [0.29, 0.717) is 12.5 Å². The van der Waals surface area contributed by atoms with Crippen LogP contribution in [-0.2, 0) is 29.8 Å². The molecule has 2 amide bonds. The minimum Gasteiger partial charge on any atom is -0.364 e. The minimum absolute atomic E-state index is 0.269. The Balaban J connectivity index is 0. The third-order valence-electron chi connectivity index (χ3n) is 2.28. The Morgan fingerprint density at radius 3 is 1.16 bits per heavy atom. The highest BCUT2D eigenvalue weighted by Crippen LogP contribution is 1.91. The average molecular weight is 489 g/mol. The van der Waals surface area contributed by atoms with Crippen molar-refractivity contribution < 1.29 is 35.5 Å². The number of carbonyl (C=O) groups is 2. The maximum absolute atomic E-state index is 10.6. The molecule has 0 radical (unpaired) electrons. The Kier molecular flexibility index (Phi) is 15.6. The van der Waals surface area contributed by atoms with E-state index in [9.17, 15) is 26.4 Å². The van der Waals surface area contributed by atoms with Gasteiger partial charge >= 0.3 is 0 Å². The predicted molar refractivity (Wildman–Crippen MR) is 123 cm³/mol. The van der Waals surface area contributed by atoms with Crippen LogP contribution < -0.4 is 11.5 Å². The second kappa shape index (κ2) is 16.3. The summed E-state index contributed by atoms with van der Waals surface area (Å²) < 4.78 is 51.7. The summed E-state index contributed by atoms with van der Waals surface area (Å²) in [5, 5.41) is 0. The van der Waals surface area contributed by atoms with Gasteiger partial charge in [0, 0.05) is 12.4 Å². The fourth-order valence-corrected chi connectivity index (χ4v) is 1.27. The Hall–Kier alpha value is -3.46. The summed E-state index contributed by atoms with van der Waals surface area (Å²) in [6, 6.07) is 0. The summed E-state index contributed by atoms with van der Waals surface area (Å²) in [7, 11) is -7.33. The lowest BCUT2D eigenvalue weighted by Crippen LogP contribution is -2.21. The Bertz CT molecular complexity index is 988. The molecule has 0 aromatic rings. The standard InChI is InChI=1S/2C8H8N2O.2CH4O3S/c2*9-8(11)7-5-3-1-2-4-6-10-7;2*1-5(2,3)4/h2*1-6H,(H2,9,11);2*1H3,(H,2,3,4)/b2*2-1-,3-1?,4-2?,5-3-,6-4-,7-5?,10-6?,10-7+;;. The number of carbonyl (C=O) groups excluding carboxylic acids is 2. The Labute approximate surface area is 186 Å². The van der Waals surface area contributed by atoms with Crippen LogP contribution in [0.4, 0.5) is 0 Å². The number of aliphatic imine (C=N–C) groups is 2. The summed E-state index contributed by atoms with van der Waals surface area (Å²) in [6.45, 7) is 0. The van der Waals surface area contributed by atoms with Crippen LogP contribution in [0.1, 0.15) is 0 Å². The van der Waals surface area contributed by atoms with Crippen LogP contribution in [0.3, 0.4) is 0 Å². The van der Waals surface area contributed by atoms with Gasteiger partial charge in [-0.05, 0) is 24.3 Å². The number of nitrogens with zero attached hydrogens (tertiary/aromatic N) is 2. The number of hydrogen-bond donors (Lipinski definition) is 4. The van der Waals surface area contributed by atoms with Crippen LogP contribution in [0.2, 0.25) is 0 Å². The van der Waals surface area contributed by atoms with E-state index in [0.717, 1.165) is 0 Å². The van der Waals surface area contributed by atoms with Crippen molar-refractivity contribution in [1.29, 1.82) is 0 Å². The van der Waals surface area contributed by atoms with Gasteiger partial charge in [-0.15, -0.1) is 0 Å². The maximum atomic E-state index is 10.6. The van der Waals surface area contributed by atoms with Crippen LogP contribution in [0.15, 0.2) is 83.1 Å². The molecule has 6 N–H and O–H groups in total. The van der Waals surface area contributed by atoms with Crippen molar-refractivity contribution >= 4 is 43.5 Å². The number of allylic oxidation sites excluding steroid dienone is 8. The van der Waals surface area contributed by atoms with Crippen LogP contribution in [0, 0.1) is 0 Å². The molecule has 12 nitrogen and oxygen atoms in total. The molecule has 0 saturated carbocycles. The van der Waals surface area contributed by atoms with Gasteiger partial charge < -0.3 is 11.5 Å². The number of primary amides is 2. The summed E-state index contributed by atoms with van der Waals surface area (Å²) in [5.74, 6) is -1.03. The van der Waals surface area contributed by atoms with E-state index in [1.54, 1.807) is 48.6 Å². The van der Waals surface area contributed by atoms with E-state index >= 15 is 0 Å². The summed E-state index contributed by atoms with van der Waals surface area (Å²) in [6.07, 6.45) is 21.8. The molecule has 0 atom stereocenters. The highest BCUT2D eigenvalue weighted by atomic mass is 32.2. The third-order valence-corrected chi connectivity index (χ3v) is 2.28. The smallest absolute Gasteiger partial charge is 0.267 e. The van der Waals surface area contributed by atoms with E-state index in [-0.39, 0.29) is 11.4 Å². The normalized spacial score (nSPS) is 23.5. The zero-order valence-corrected chi connectivity index (χ0v) is 18.8. The van der Waals surface area contributed by atoms with Gasteiger partial charge in [0.1, 0.15) is 11.4 Å². The third kappa shape index (κ3) is 28.7. The first-order chi connectivity index (χ1) is 14.6. The molecule has 0 aromatic heterocycles. The fourth-order valence-electron chi connectivity index (χ4n) is 1.27. The van der Waals surface area contributed by atoms with E-state index in [1.807, 2.05) is 12.2 Å². The maximum Gasteiger partial charge on any atom is 0.267 e. The van der Waals surface area contributed by atoms with Crippen molar-refractivity contribution in [2.45, 2.75) is 0 Å². The molecule has 0 spiro atoms. The Morgan fingerprint density at radius 2 is 0.906 bits per heavy atom. The lowest BCUT2D eigenvalue weighted by Gasteiger charge is -1.92. The van der Waals surface area contributed by atoms with Crippen molar-refractivity contribution in [3.8, 4) is 0 Å². The summed E-state index contributed by atoms with van der Waals surface area (Å²) in [5.41, 5.74) is 10.6. The van der Waals surface area contributed by atoms with Gasteiger partial charge in [-0.3, -0.25) is 28.7 Å².